The Hall–Kier alpha value is -1.71. The van der Waals surface area contributed by atoms with Crippen LogP contribution in [0.2, 0.25) is 0 Å². The molecule has 1 fully saturated rings. The minimum atomic E-state index is 0.134. The number of likely N-dealkylation sites (tertiary alicyclic amines) is 1. The quantitative estimate of drug-likeness (QED) is 0.849. The molecule has 0 N–H and O–H groups in total. The molecule has 1 aliphatic rings. The first kappa shape index (κ1) is 14.7. The van der Waals surface area contributed by atoms with Crippen LogP contribution in [0.5, 0.6) is 5.75 Å². The van der Waals surface area contributed by atoms with Crippen LogP contribution in [0.3, 0.4) is 0 Å². The highest BCUT2D eigenvalue weighted by Gasteiger charge is 2.19. The highest BCUT2D eigenvalue weighted by atomic mass is 16.5. The van der Waals surface area contributed by atoms with Crippen LogP contribution in [-0.2, 0) is 6.54 Å². The van der Waals surface area contributed by atoms with Gasteiger partial charge in [0.05, 0.1) is 7.11 Å². The van der Waals surface area contributed by atoms with Crippen molar-refractivity contribution in [1.29, 1.82) is 0 Å². The fourth-order valence-corrected chi connectivity index (χ4v) is 2.62. The number of rotatable bonds is 3. The third kappa shape index (κ3) is 3.89. The second kappa shape index (κ2) is 7.17. The number of benzene rings is 1. The summed E-state index contributed by atoms with van der Waals surface area (Å²) in [6.45, 7) is 2.40. The zero-order chi connectivity index (χ0) is 14.4. The molecule has 0 atom stereocenters. The van der Waals surface area contributed by atoms with Gasteiger partial charge in [0.15, 0.2) is 0 Å². The Balaban J connectivity index is 1.95. The Morgan fingerprint density at radius 1 is 1.25 bits per heavy atom. The molecule has 1 aliphatic heterocycles. The van der Waals surface area contributed by atoms with Gasteiger partial charge in [0.2, 0.25) is 0 Å². The molecule has 0 aliphatic carbocycles. The number of nitrogens with zero attached hydrogens (tertiary/aromatic N) is 2. The molecule has 1 aromatic rings. The lowest BCUT2D eigenvalue weighted by atomic mass is 10.2. The molecule has 0 spiro atoms. The fourth-order valence-electron chi connectivity index (χ4n) is 2.62. The third-order valence-corrected chi connectivity index (χ3v) is 3.76. The standard InChI is InChI=1S/C16H24N2O2/c1-17(13-14-8-7-9-15(12-14)20-2)16(19)18-10-5-3-4-6-11-18/h7-9,12H,3-6,10-11,13H2,1-2H3. The van der Waals surface area contributed by atoms with Crippen molar-refractivity contribution in [1.82, 2.24) is 9.80 Å². The molecule has 2 rings (SSSR count). The van der Waals surface area contributed by atoms with Crippen molar-refractivity contribution in [3.8, 4) is 5.75 Å². The molecule has 0 aromatic heterocycles. The summed E-state index contributed by atoms with van der Waals surface area (Å²) in [7, 11) is 3.53. The van der Waals surface area contributed by atoms with Gasteiger partial charge in [-0.15, -0.1) is 0 Å². The first-order valence-electron chi connectivity index (χ1n) is 7.33. The van der Waals surface area contributed by atoms with Crippen molar-refractivity contribution < 1.29 is 9.53 Å². The minimum Gasteiger partial charge on any atom is -0.497 e. The summed E-state index contributed by atoms with van der Waals surface area (Å²) < 4.78 is 5.22. The van der Waals surface area contributed by atoms with E-state index in [1.807, 2.05) is 36.2 Å². The van der Waals surface area contributed by atoms with Crippen LogP contribution in [0.4, 0.5) is 4.79 Å². The smallest absolute Gasteiger partial charge is 0.320 e. The van der Waals surface area contributed by atoms with E-state index in [2.05, 4.69) is 0 Å². The molecule has 0 radical (unpaired) electrons. The van der Waals surface area contributed by atoms with Crippen LogP contribution in [-0.4, -0.2) is 43.1 Å². The van der Waals surface area contributed by atoms with Gasteiger partial charge in [-0.2, -0.15) is 0 Å². The van der Waals surface area contributed by atoms with Crippen LogP contribution < -0.4 is 4.74 Å². The van der Waals surface area contributed by atoms with E-state index in [9.17, 15) is 4.79 Å². The Morgan fingerprint density at radius 2 is 1.95 bits per heavy atom. The number of carbonyl (C=O) groups excluding carboxylic acids is 1. The Kier molecular flexibility index (Phi) is 5.27. The summed E-state index contributed by atoms with van der Waals surface area (Å²) in [5.74, 6) is 0.832. The largest absolute Gasteiger partial charge is 0.497 e. The number of hydrogen-bond donors (Lipinski definition) is 0. The van der Waals surface area contributed by atoms with Crippen LogP contribution in [0, 0.1) is 0 Å². The summed E-state index contributed by atoms with van der Waals surface area (Å²) in [5.41, 5.74) is 1.09. The molecule has 1 heterocycles. The Labute approximate surface area is 121 Å². The van der Waals surface area contributed by atoms with Crippen molar-refractivity contribution in [2.45, 2.75) is 32.2 Å². The van der Waals surface area contributed by atoms with E-state index < -0.39 is 0 Å². The molecule has 110 valence electrons. The molecule has 0 saturated carbocycles. The van der Waals surface area contributed by atoms with Crippen molar-refractivity contribution in [2.75, 3.05) is 27.2 Å². The van der Waals surface area contributed by atoms with Crippen molar-refractivity contribution in [3.63, 3.8) is 0 Å². The van der Waals surface area contributed by atoms with Crippen LogP contribution >= 0.6 is 0 Å². The molecule has 1 saturated heterocycles. The van der Waals surface area contributed by atoms with E-state index >= 15 is 0 Å². The van der Waals surface area contributed by atoms with E-state index in [-0.39, 0.29) is 6.03 Å². The second-order valence-corrected chi connectivity index (χ2v) is 5.39. The van der Waals surface area contributed by atoms with E-state index in [0.29, 0.717) is 6.54 Å². The summed E-state index contributed by atoms with van der Waals surface area (Å²) in [6, 6.07) is 8.01. The molecule has 4 heteroatoms. The first-order valence-corrected chi connectivity index (χ1v) is 7.33. The Morgan fingerprint density at radius 3 is 2.60 bits per heavy atom. The van der Waals surface area contributed by atoms with Crippen LogP contribution in [0.15, 0.2) is 24.3 Å². The number of amides is 2. The molecule has 20 heavy (non-hydrogen) atoms. The monoisotopic (exact) mass is 276 g/mol. The summed E-state index contributed by atoms with van der Waals surface area (Å²) in [6.07, 6.45) is 4.73. The van der Waals surface area contributed by atoms with Crippen molar-refractivity contribution in [3.05, 3.63) is 29.8 Å². The van der Waals surface area contributed by atoms with E-state index in [0.717, 1.165) is 37.2 Å². The lowest BCUT2D eigenvalue weighted by Gasteiger charge is -2.27. The maximum absolute atomic E-state index is 12.4. The highest BCUT2D eigenvalue weighted by Crippen LogP contribution is 2.16. The molecule has 4 nitrogen and oxygen atoms in total. The summed E-state index contributed by atoms with van der Waals surface area (Å²) in [4.78, 5) is 16.2. The van der Waals surface area contributed by atoms with Crippen LogP contribution in [0.1, 0.15) is 31.2 Å². The number of ether oxygens (including phenoxy) is 1. The van der Waals surface area contributed by atoms with Gasteiger partial charge >= 0.3 is 6.03 Å². The maximum Gasteiger partial charge on any atom is 0.320 e. The van der Waals surface area contributed by atoms with Crippen molar-refractivity contribution >= 4 is 6.03 Å². The second-order valence-electron chi connectivity index (χ2n) is 5.39. The predicted octanol–water partition coefficient (Wildman–Crippen LogP) is 3.12. The molecular weight excluding hydrogens is 252 g/mol. The topological polar surface area (TPSA) is 32.8 Å². The average Bonchev–Trinajstić information content (AvgIpc) is 2.75. The van der Waals surface area contributed by atoms with Crippen molar-refractivity contribution in [2.24, 2.45) is 0 Å². The van der Waals surface area contributed by atoms with Gasteiger partial charge in [-0.3, -0.25) is 0 Å². The van der Waals surface area contributed by atoms with Gasteiger partial charge in [0, 0.05) is 26.7 Å². The zero-order valence-corrected chi connectivity index (χ0v) is 12.5. The number of urea groups is 1. The lowest BCUT2D eigenvalue weighted by molar-refractivity contribution is 0.162. The van der Waals surface area contributed by atoms with E-state index in [1.54, 1.807) is 12.0 Å². The summed E-state index contributed by atoms with van der Waals surface area (Å²) >= 11 is 0. The number of carbonyl (C=O) groups is 1. The number of methoxy groups -OCH3 is 1. The maximum atomic E-state index is 12.4. The minimum absolute atomic E-state index is 0.134. The number of hydrogen-bond acceptors (Lipinski definition) is 2. The van der Waals surface area contributed by atoms with Gasteiger partial charge < -0.3 is 14.5 Å². The van der Waals surface area contributed by atoms with Gasteiger partial charge in [-0.05, 0) is 30.5 Å². The third-order valence-electron chi connectivity index (χ3n) is 3.76. The molecule has 0 bridgehead atoms. The highest BCUT2D eigenvalue weighted by molar-refractivity contribution is 5.74. The predicted molar refractivity (Wildman–Crippen MR) is 79.9 cm³/mol. The molecule has 2 amide bonds. The lowest BCUT2D eigenvalue weighted by Crippen LogP contribution is -2.41. The van der Waals surface area contributed by atoms with E-state index in [1.165, 1.54) is 12.8 Å². The molecular formula is C16H24N2O2. The molecule has 1 aromatic carbocycles. The zero-order valence-electron chi connectivity index (χ0n) is 12.5. The Bertz CT molecular complexity index is 440. The SMILES string of the molecule is COc1cccc(CN(C)C(=O)N2CCCCCC2)c1. The van der Waals surface area contributed by atoms with Crippen LogP contribution in [0.25, 0.3) is 0 Å². The van der Waals surface area contributed by atoms with Gasteiger partial charge in [-0.1, -0.05) is 25.0 Å². The fraction of sp³-hybridized carbons (Fsp3) is 0.562. The summed E-state index contributed by atoms with van der Waals surface area (Å²) in [5, 5.41) is 0. The normalized spacial score (nSPS) is 15.6. The average molecular weight is 276 g/mol. The van der Waals surface area contributed by atoms with E-state index in [4.69, 9.17) is 4.74 Å². The van der Waals surface area contributed by atoms with Gasteiger partial charge in [0.25, 0.3) is 0 Å². The first-order chi connectivity index (χ1) is 9.70. The van der Waals surface area contributed by atoms with Gasteiger partial charge in [0.1, 0.15) is 5.75 Å². The molecule has 0 unspecified atom stereocenters. The van der Waals surface area contributed by atoms with Gasteiger partial charge in [-0.25, -0.2) is 4.79 Å².